The number of benzene rings is 3. The molecule has 0 saturated heterocycles. The van der Waals surface area contributed by atoms with Gasteiger partial charge in [-0.3, -0.25) is 4.79 Å². The zero-order valence-electron chi connectivity index (χ0n) is 24.8. The summed E-state index contributed by atoms with van der Waals surface area (Å²) in [6.45, 7) is 17.1. The topological polar surface area (TPSA) is 58.6 Å². The first-order chi connectivity index (χ1) is 18.5. The Morgan fingerprint density at radius 1 is 1.05 bits per heavy atom. The summed E-state index contributed by atoms with van der Waals surface area (Å²) in [6, 6.07) is 15.8. The lowest BCUT2D eigenvalue weighted by Gasteiger charge is -2.29. The van der Waals surface area contributed by atoms with Crippen molar-refractivity contribution in [3.8, 4) is 11.5 Å². The fourth-order valence-electron chi connectivity index (χ4n) is 6.00. The third kappa shape index (κ3) is 6.16. The molecule has 0 bridgehead atoms. The van der Waals surface area contributed by atoms with Gasteiger partial charge in [0, 0.05) is 18.0 Å². The molecule has 3 aromatic rings. The van der Waals surface area contributed by atoms with Gasteiger partial charge in [-0.15, -0.1) is 0 Å². The van der Waals surface area contributed by atoms with Crippen LogP contribution in [0.5, 0.6) is 11.5 Å². The minimum absolute atomic E-state index is 0.0118. The molecular formula is C35H45NO3. The van der Waals surface area contributed by atoms with Gasteiger partial charge in [-0.1, -0.05) is 77.4 Å². The molecule has 4 heteroatoms. The van der Waals surface area contributed by atoms with Gasteiger partial charge in [0.15, 0.2) is 0 Å². The number of para-hydroxylation sites is 1. The minimum Gasteiger partial charge on any atom is -0.507 e. The van der Waals surface area contributed by atoms with E-state index >= 15 is 0 Å². The Labute approximate surface area is 234 Å². The summed E-state index contributed by atoms with van der Waals surface area (Å²) < 4.78 is 6.45. The number of phenolic OH excluding ortho intramolecular Hbond substituents is 1. The van der Waals surface area contributed by atoms with Crippen molar-refractivity contribution in [1.82, 2.24) is 5.32 Å². The van der Waals surface area contributed by atoms with Crippen molar-refractivity contribution in [3.63, 3.8) is 0 Å². The Kier molecular flexibility index (Phi) is 8.73. The van der Waals surface area contributed by atoms with Crippen LogP contribution in [-0.4, -0.2) is 24.2 Å². The van der Waals surface area contributed by atoms with E-state index in [1.54, 1.807) is 24.3 Å². The Bertz CT molecular complexity index is 1320. The standard InChI is InChI=1S/C35H45NO3/c1-8-11-27-23(4)29(20-35(6,7)18-19-36-34(38)28-12-9-10-13-31(28)37)24(5)32-30(21-39-33(27)32)26-16-14-25(15-17-26)22(2)3/h9-10,12-17,22,30,37H,8,11,18-21H2,1-7H3,(H,36,38). The van der Waals surface area contributed by atoms with Crippen molar-refractivity contribution in [1.29, 1.82) is 0 Å². The van der Waals surface area contributed by atoms with Crippen molar-refractivity contribution in [2.75, 3.05) is 13.2 Å². The van der Waals surface area contributed by atoms with Crippen LogP contribution in [0.1, 0.15) is 109 Å². The fourth-order valence-corrected chi connectivity index (χ4v) is 6.00. The van der Waals surface area contributed by atoms with Gasteiger partial charge in [0.2, 0.25) is 0 Å². The largest absolute Gasteiger partial charge is 0.507 e. The predicted octanol–water partition coefficient (Wildman–Crippen LogP) is 8.00. The van der Waals surface area contributed by atoms with Crippen LogP contribution < -0.4 is 10.1 Å². The quantitative estimate of drug-likeness (QED) is 0.281. The molecule has 1 amide bonds. The van der Waals surface area contributed by atoms with E-state index in [0.29, 0.717) is 24.6 Å². The number of carbonyl (C=O) groups excluding carboxylic acids is 1. The predicted molar refractivity (Wildman–Crippen MR) is 160 cm³/mol. The van der Waals surface area contributed by atoms with E-state index in [0.717, 1.165) is 31.4 Å². The van der Waals surface area contributed by atoms with Gasteiger partial charge in [0.1, 0.15) is 11.5 Å². The molecule has 0 spiro atoms. The van der Waals surface area contributed by atoms with Crippen LogP contribution in [0.25, 0.3) is 0 Å². The van der Waals surface area contributed by atoms with E-state index in [1.807, 2.05) is 0 Å². The van der Waals surface area contributed by atoms with E-state index in [-0.39, 0.29) is 23.0 Å². The maximum atomic E-state index is 12.6. The number of rotatable bonds is 10. The molecule has 4 rings (SSSR count). The smallest absolute Gasteiger partial charge is 0.255 e. The molecule has 1 aliphatic rings. The third-order valence-electron chi connectivity index (χ3n) is 8.42. The summed E-state index contributed by atoms with van der Waals surface area (Å²) in [6.07, 6.45) is 3.86. The molecule has 1 aliphatic heterocycles. The van der Waals surface area contributed by atoms with E-state index in [4.69, 9.17) is 4.74 Å². The Hall–Kier alpha value is -3.27. The number of ether oxygens (including phenoxy) is 1. The Morgan fingerprint density at radius 3 is 2.38 bits per heavy atom. The van der Waals surface area contributed by atoms with Gasteiger partial charge >= 0.3 is 0 Å². The zero-order valence-corrected chi connectivity index (χ0v) is 24.8. The SMILES string of the molecule is CCCc1c(C)c(CC(C)(C)CCNC(=O)c2ccccc2O)c(C)c2c1OCC2c1ccc(C(C)C)cc1. The molecule has 1 unspecified atom stereocenters. The highest BCUT2D eigenvalue weighted by atomic mass is 16.5. The van der Waals surface area contributed by atoms with Gasteiger partial charge in [0.05, 0.1) is 12.2 Å². The molecule has 0 saturated carbocycles. The number of fused-ring (bicyclic) bond motifs is 1. The summed E-state index contributed by atoms with van der Waals surface area (Å²) in [4.78, 5) is 12.6. The first-order valence-corrected chi connectivity index (χ1v) is 14.5. The average Bonchev–Trinajstić information content (AvgIpc) is 3.34. The molecule has 3 aromatic carbocycles. The van der Waals surface area contributed by atoms with Crippen LogP contribution in [0.4, 0.5) is 0 Å². The molecule has 1 heterocycles. The molecule has 39 heavy (non-hydrogen) atoms. The van der Waals surface area contributed by atoms with E-state index in [9.17, 15) is 9.90 Å². The number of hydrogen-bond acceptors (Lipinski definition) is 3. The van der Waals surface area contributed by atoms with Crippen LogP contribution in [0.15, 0.2) is 48.5 Å². The first-order valence-electron chi connectivity index (χ1n) is 14.5. The van der Waals surface area contributed by atoms with Crippen LogP contribution in [-0.2, 0) is 12.8 Å². The number of phenols is 1. The van der Waals surface area contributed by atoms with Gasteiger partial charge in [0.25, 0.3) is 5.91 Å². The molecular weight excluding hydrogens is 482 g/mol. The maximum Gasteiger partial charge on any atom is 0.255 e. The fraction of sp³-hybridized carbons (Fsp3) is 0.457. The summed E-state index contributed by atoms with van der Waals surface area (Å²) >= 11 is 0. The molecule has 208 valence electrons. The van der Waals surface area contributed by atoms with E-state index in [2.05, 4.69) is 78.0 Å². The van der Waals surface area contributed by atoms with Crippen LogP contribution in [0, 0.1) is 19.3 Å². The number of hydrogen-bond donors (Lipinski definition) is 2. The number of carbonyl (C=O) groups is 1. The molecule has 0 aliphatic carbocycles. The second kappa shape index (κ2) is 11.9. The second-order valence-electron chi connectivity index (χ2n) is 12.2. The lowest BCUT2D eigenvalue weighted by molar-refractivity contribution is 0.0946. The first kappa shape index (κ1) is 28.7. The molecule has 2 N–H and O–H groups in total. The van der Waals surface area contributed by atoms with Crippen LogP contribution in [0.3, 0.4) is 0 Å². The monoisotopic (exact) mass is 527 g/mol. The molecule has 0 fully saturated rings. The van der Waals surface area contributed by atoms with Gasteiger partial charge in [-0.2, -0.15) is 0 Å². The van der Waals surface area contributed by atoms with Crippen molar-refractivity contribution in [2.45, 2.75) is 86.0 Å². The van der Waals surface area contributed by atoms with E-state index in [1.165, 1.54) is 38.9 Å². The normalized spacial score (nSPS) is 14.8. The molecule has 1 atom stereocenters. The van der Waals surface area contributed by atoms with Crippen LogP contribution >= 0.6 is 0 Å². The van der Waals surface area contributed by atoms with Gasteiger partial charge < -0.3 is 15.2 Å². The number of amides is 1. The van der Waals surface area contributed by atoms with Crippen molar-refractivity contribution >= 4 is 5.91 Å². The highest BCUT2D eigenvalue weighted by Crippen LogP contribution is 2.47. The summed E-state index contributed by atoms with van der Waals surface area (Å²) in [5.41, 5.74) is 9.83. The van der Waals surface area contributed by atoms with E-state index < -0.39 is 0 Å². The lowest BCUT2D eigenvalue weighted by atomic mass is 9.76. The highest BCUT2D eigenvalue weighted by molar-refractivity contribution is 5.96. The number of aromatic hydroxyl groups is 1. The lowest BCUT2D eigenvalue weighted by Crippen LogP contribution is -2.29. The third-order valence-corrected chi connectivity index (χ3v) is 8.42. The Morgan fingerprint density at radius 2 is 1.74 bits per heavy atom. The number of nitrogens with one attached hydrogen (secondary N) is 1. The summed E-state index contributed by atoms with van der Waals surface area (Å²) in [7, 11) is 0. The average molecular weight is 528 g/mol. The van der Waals surface area contributed by atoms with Crippen molar-refractivity contribution < 1.29 is 14.6 Å². The summed E-state index contributed by atoms with van der Waals surface area (Å²) in [5, 5.41) is 13.0. The van der Waals surface area contributed by atoms with Crippen molar-refractivity contribution in [3.05, 3.63) is 93.0 Å². The zero-order chi connectivity index (χ0) is 28.3. The van der Waals surface area contributed by atoms with Crippen LogP contribution in [0.2, 0.25) is 0 Å². The maximum absolute atomic E-state index is 12.6. The summed E-state index contributed by atoms with van der Waals surface area (Å²) in [5.74, 6) is 1.65. The molecule has 4 nitrogen and oxygen atoms in total. The minimum atomic E-state index is -0.234. The Balaban J connectivity index is 1.59. The van der Waals surface area contributed by atoms with Gasteiger partial charge in [-0.05, 0) is 90.0 Å². The molecule has 0 radical (unpaired) electrons. The van der Waals surface area contributed by atoms with Crippen molar-refractivity contribution in [2.24, 2.45) is 5.41 Å². The highest BCUT2D eigenvalue weighted by Gasteiger charge is 2.34. The second-order valence-corrected chi connectivity index (χ2v) is 12.2. The molecule has 0 aromatic heterocycles. The van der Waals surface area contributed by atoms with Gasteiger partial charge in [-0.25, -0.2) is 0 Å².